The lowest BCUT2D eigenvalue weighted by atomic mass is 10.0. The van der Waals surface area contributed by atoms with Gasteiger partial charge in [0.15, 0.2) is 23.2 Å². The van der Waals surface area contributed by atoms with Crippen LogP contribution in [0.15, 0.2) is 48.5 Å². The predicted octanol–water partition coefficient (Wildman–Crippen LogP) is 3.52. The van der Waals surface area contributed by atoms with Gasteiger partial charge in [-0.15, -0.1) is 0 Å². The van der Waals surface area contributed by atoms with Gasteiger partial charge in [-0.3, -0.25) is 24.1 Å². The van der Waals surface area contributed by atoms with Crippen molar-refractivity contribution in [2.45, 2.75) is 50.7 Å². The highest BCUT2D eigenvalue weighted by molar-refractivity contribution is 6.08. The second kappa shape index (κ2) is 13.5. The number of ketones is 1. The molecule has 2 aliphatic heterocycles. The molecule has 3 aromatic rings. The molecule has 3 N–H and O–H groups in total. The normalized spacial score (nSPS) is 17.3. The first-order chi connectivity index (χ1) is 22.3. The molecule has 0 fully saturated rings. The fourth-order valence-corrected chi connectivity index (χ4v) is 5.47. The number of para-hydroxylation sites is 1. The predicted molar refractivity (Wildman–Crippen MR) is 155 cm³/mol. The summed E-state index contributed by atoms with van der Waals surface area (Å²) in [5.74, 6) is -13.1. The summed E-state index contributed by atoms with van der Waals surface area (Å²) in [4.78, 5) is 65.8. The lowest BCUT2D eigenvalue weighted by molar-refractivity contribution is -0.140. The SMILES string of the molecule is Cc1ccc(OC(=O)NC2CCc3cccc4c3N(C2=O)C(C(=O)NC(CC(=O)O)C(=O)COc2c(F)c(F)cc(F)c2F)C4)cc1. The van der Waals surface area contributed by atoms with E-state index in [2.05, 4.69) is 15.4 Å². The van der Waals surface area contributed by atoms with Crippen molar-refractivity contribution >= 4 is 35.3 Å². The Kier molecular flexibility index (Phi) is 9.44. The van der Waals surface area contributed by atoms with Crippen LogP contribution in [-0.2, 0) is 32.0 Å². The van der Waals surface area contributed by atoms with Crippen molar-refractivity contribution in [1.82, 2.24) is 10.6 Å². The number of hydrogen-bond donors (Lipinski definition) is 3. The molecule has 0 spiro atoms. The Morgan fingerprint density at radius 1 is 1.00 bits per heavy atom. The van der Waals surface area contributed by atoms with Gasteiger partial charge >= 0.3 is 12.1 Å². The summed E-state index contributed by atoms with van der Waals surface area (Å²) in [6.45, 7) is 0.593. The van der Waals surface area contributed by atoms with E-state index in [1.165, 1.54) is 4.90 Å². The zero-order chi connectivity index (χ0) is 34.0. The van der Waals surface area contributed by atoms with E-state index in [1.54, 1.807) is 42.5 Å². The number of amides is 3. The molecule has 47 heavy (non-hydrogen) atoms. The fraction of sp³-hybridized carbons (Fsp3) is 0.281. The summed E-state index contributed by atoms with van der Waals surface area (Å²) < 4.78 is 65.1. The Morgan fingerprint density at radius 2 is 1.66 bits per heavy atom. The number of anilines is 1. The molecule has 0 bridgehead atoms. The third-order valence-corrected chi connectivity index (χ3v) is 7.75. The van der Waals surface area contributed by atoms with Crippen LogP contribution in [0.2, 0.25) is 0 Å². The molecule has 3 atom stereocenters. The molecular weight excluding hydrogens is 630 g/mol. The van der Waals surface area contributed by atoms with Crippen LogP contribution < -0.4 is 25.0 Å². The second-order valence-electron chi connectivity index (χ2n) is 11.0. The summed E-state index contributed by atoms with van der Waals surface area (Å²) in [5, 5.41) is 14.2. The molecule has 2 heterocycles. The van der Waals surface area contributed by atoms with Crippen molar-refractivity contribution in [3.63, 3.8) is 0 Å². The van der Waals surface area contributed by atoms with Gasteiger partial charge in [-0.05, 0) is 43.0 Å². The summed E-state index contributed by atoms with van der Waals surface area (Å²) in [6.07, 6.45) is -1.42. The highest BCUT2D eigenvalue weighted by atomic mass is 19.2. The quantitative estimate of drug-likeness (QED) is 0.221. The van der Waals surface area contributed by atoms with Gasteiger partial charge in [0.2, 0.25) is 23.4 Å². The third-order valence-electron chi connectivity index (χ3n) is 7.75. The number of carboxylic acids is 1. The third kappa shape index (κ3) is 7.03. The molecule has 3 amide bonds. The van der Waals surface area contributed by atoms with Gasteiger partial charge in [-0.1, -0.05) is 35.9 Å². The molecule has 246 valence electrons. The van der Waals surface area contributed by atoms with E-state index in [4.69, 9.17) is 4.74 Å². The number of ether oxygens (including phenoxy) is 2. The molecule has 0 saturated heterocycles. The van der Waals surface area contributed by atoms with Gasteiger partial charge in [0.1, 0.15) is 30.5 Å². The van der Waals surface area contributed by atoms with Gasteiger partial charge in [0.05, 0.1) is 12.1 Å². The Labute approximate surface area is 264 Å². The lowest BCUT2D eigenvalue weighted by Gasteiger charge is -2.28. The minimum atomic E-state index is -1.92. The van der Waals surface area contributed by atoms with Gasteiger partial charge < -0.3 is 25.2 Å². The maximum Gasteiger partial charge on any atom is 0.413 e. The number of nitrogens with one attached hydrogen (secondary N) is 2. The standard InChI is InChI=1S/C32H27F4N3O8/c1-15-5-8-18(9-6-15)47-32(45)38-21-10-7-16-3-2-4-17-11-23(39(28(16)17)31(21)44)30(43)37-22(13-25(41)42)24(40)14-46-29-26(35)19(33)12-20(34)27(29)36/h2-6,8-9,12,21-23H,7,10-11,13-14H2,1H3,(H,37,43)(H,38,45)(H,41,42). The smallest absolute Gasteiger partial charge is 0.413 e. The lowest BCUT2D eigenvalue weighted by Crippen LogP contribution is -2.57. The van der Waals surface area contributed by atoms with E-state index in [-0.39, 0.29) is 24.7 Å². The first-order valence-corrected chi connectivity index (χ1v) is 14.3. The molecule has 2 aliphatic rings. The summed E-state index contributed by atoms with van der Waals surface area (Å²) in [5.41, 5.74) is 2.70. The molecule has 0 radical (unpaired) electrons. The Morgan fingerprint density at radius 3 is 2.32 bits per heavy atom. The maximum absolute atomic E-state index is 14.0. The number of aliphatic carboxylic acids is 1. The number of carbonyl (C=O) groups excluding carboxylic acids is 4. The minimum Gasteiger partial charge on any atom is -0.481 e. The number of halogens is 4. The van der Waals surface area contributed by atoms with Crippen LogP contribution in [0.3, 0.4) is 0 Å². The number of Topliss-reactive ketones (excluding diaryl/α,β-unsaturated/α-hetero) is 1. The minimum absolute atomic E-state index is 0.0231. The molecular formula is C32H27F4N3O8. The molecule has 5 rings (SSSR count). The van der Waals surface area contributed by atoms with Crippen LogP contribution in [0.4, 0.5) is 28.0 Å². The first-order valence-electron chi connectivity index (χ1n) is 14.3. The molecule has 0 aromatic heterocycles. The number of hydrogen-bond acceptors (Lipinski definition) is 7. The van der Waals surface area contributed by atoms with E-state index >= 15 is 0 Å². The molecule has 0 aliphatic carbocycles. The van der Waals surface area contributed by atoms with Crippen molar-refractivity contribution in [3.8, 4) is 11.5 Å². The Hall–Kier alpha value is -5.47. The van der Waals surface area contributed by atoms with Crippen molar-refractivity contribution in [2.24, 2.45) is 0 Å². The van der Waals surface area contributed by atoms with Crippen LogP contribution in [0.25, 0.3) is 0 Å². The fourth-order valence-electron chi connectivity index (χ4n) is 5.47. The molecule has 15 heteroatoms. The largest absolute Gasteiger partial charge is 0.481 e. The zero-order valence-electron chi connectivity index (χ0n) is 24.7. The number of benzene rings is 3. The van der Waals surface area contributed by atoms with Crippen molar-refractivity contribution < 1.29 is 56.1 Å². The van der Waals surface area contributed by atoms with Crippen molar-refractivity contribution in [1.29, 1.82) is 0 Å². The van der Waals surface area contributed by atoms with E-state index in [0.29, 0.717) is 23.2 Å². The van der Waals surface area contributed by atoms with E-state index in [1.807, 2.05) is 6.92 Å². The van der Waals surface area contributed by atoms with Crippen LogP contribution in [-0.4, -0.2) is 59.5 Å². The average Bonchev–Trinajstić information content (AvgIpc) is 3.36. The highest BCUT2D eigenvalue weighted by Gasteiger charge is 2.45. The molecule has 0 saturated carbocycles. The van der Waals surface area contributed by atoms with Gasteiger partial charge in [0.25, 0.3) is 0 Å². The van der Waals surface area contributed by atoms with Gasteiger partial charge in [0, 0.05) is 12.5 Å². The van der Waals surface area contributed by atoms with Gasteiger partial charge in [-0.25, -0.2) is 13.6 Å². The van der Waals surface area contributed by atoms with Crippen LogP contribution >= 0.6 is 0 Å². The molecule has 11 nitrogen and oxygen atoms in total. The average molecular weight is 658 g/mol. The van der Waals surface area contributed by atoms with E-state index < -0.39 is 89.8 Å². The summed E-state index contributed by atoms with van der Waals surface area (Å²) in [6, 6.07) is 7.52. The second-order valence-corrected chi connectivity index (χ2v) is 11.0. The summed E-state index contributed by atoms with van der Waals surface area (Å²) in [7, 11) is 0. The van der Waals surface area contributed by atoms with Crippen LogP contribution in [0.5, 0.6) is 11.5 Å². The molecule has 3 aromatic carbocycles. The molecule has 3 unspecified atom stereocenters. The number of aryl methyl sites for hydroxylation is 2. The number of carbonyl (C=O) groups is 5. The van der Waals surface area contributed by atoms with E-state index in [0.717, 1.165) is 5.56 Å². The number of carboxylic acid groups (broad SMARTS) is 1. The van der Waals surface area contributed by atoms with Crippen molar-refractivity contribution in [3.05, 3.63) is 88.5 Å². The Bertz CT molecular complexity index is 1740. The summed E-state index contributed by atoms with van der Waals surface area (Å²) >= 11 is 0. The monoisotopic (exact) mass is 657 g/mol. The Balaban J connectivity index is 1.33. The topological polar surface area (TPSA) is 151 Å². The van der Waals surface area contributed by atoms with Crippen LogP contribution in [0, 0.1) is 30.2 Å². The first kappa shape index (κ1) is 32.9. The van der Waals surface area contributed by atoms with Crippen LogP contribution in [0.1, 0.15) is 29.5 Å². The van der Waals surface area contributed by atoms with E-state index in [9.17, 15) is 46.6 Å². The maximum atomic E-state index is 14.0. The number of nitrogens with zero attached hydrogens (tertiary/aromatic N) is 1. The van der Waals surface area contributed by atoms with Crippen molar-refractivity contribution in [2.75, 3.05) is 11.5 Å². The highest BCUT2D eigenvalue weighted by Crippen LogP contribution is 2.39. The zero-order valence-corrected chi connectivity index (χ0v) is 24.7. The van der Waals surface area contributed by atoms with Gasteiger partial charge in [-0.2, -0.15) is 8.78 Å². The number of rotatable bonds is 10.